The summed E-state index contributed by atoms with van der Waals surface area (Å²) in [6.45, 7) is 1.40. The Hall–Kier alpha value is -2.73. The highest BCUT2D eigenvalue weighted by atomic mass is 16.3. The number of aliphatic hydroxyl groups is 1. The lowest BCUT2D eigenvalue weighted by Gasteiger charge is -2.38. The van der Waals surface area contributed by atoms with Crippen molar-refractivity contribution >= 4 is 17.1 Å². The maximum absolute atomic E-state index is 13.2. The number of hydrogen-bond acceptors (Lipinski definition) is 4. The molecule has 1 N–H and O–H groups in total. The summed E-state index contributed by atoms with van der Waals surface area (Å²) in [5, 5.41) is 10.5. The van der Waals surface area contributed by atoms with Gasteiger partial charge in [0.25, 0.3) is 5.91 Å². The molecule has 6 heteroatoms. The van der Waals surface area contributed by atoms with Gasteiger partial charge in [-0.1, -0.05) is 30.3 Å². The van der Waals surface area contributed by atoms with E-state index in [9.17, 15) is 9.90 Å². The Morgan fingerprint density at radius 1 is 1.18 bits per heavy atom. The summed E-state index contributed by atoms with van der Waals surface area (Å²) in [5.41, 5.74) is 2.86. The van der Waals surface area contributed by atoms with Crippen molar-refractivity contribution in [3.63, 3.8) is 0 Å². The molecule has 1 aromatic carbocycles. The van der Waals surface area contributed by atoms with Gasteiger partial charge in [0.05, 0.1) is 30.1 Å². The third-order valence-electron chi connectivity index (χ3n) is 6.38. The molecule has 0 radical (unpaired) electrons. The van der Waals surface area contributed by atoms with Crippen LogP contribution < -0.4 is 0 Å². The number of pyridine rings is 1. The van der Waals surface area contributed by atoms with Gasteiger partial charge >= 0.3 is 0 Å². The van der Waals surface area contributed by atoms with E-state index in [-0.39, 0.29) is 11.4 Å². The van der Waals surface area contributed by atoms with E-state index in [2.05, 4.69) is 22.1 Å². The minimum Gasteiger partial charge on any atom is -0.391 e. The number of likely N-dealkylation sites (tertiary alicyclic amines) is 1. The van der Waals surface area contributed by atoms with Crippen LogP contribution in [0.4, 0.5) is 0 Å². The maximum atomic E-state index is 13.2. The zero-order chi connectivity index (χ0) is 19.1. The molecule has 1 amide bonds. The molecule has 28 heavy (non-hydrogen) atoms. The third-order valence-corrected chi connectivity index (χ3v) is 6.38. The van der Waals surface area contributed by atoms with Crippen LogP contribution in [-0.2, 0) is 6.54 Å². The van der Waals surface area contributed by atoms with Gasteiger partial charge in [0, 0.05) is 12.7 Å². The fourth-order valence-electron chi connectivity index (χ4n) is 4.97. The van der Waals surface area contributed by atoms with E-state index < -0.39 is 6.10 Å². The average molecular weight is 376 g/mol. The standard InChI is InChI=1S/C22H24N4O2/c27-19-8-4-9-22(19)10-5-11-26(22)21(28)17-12-18-20(23-13-17)25(15-24-18)14-16-6-2-1-3-7-16/h1-3,6-7,12-13,15,19,27H,4-5,8-11,14H2/t19-,22-/m1/s1. The summed E-state index contributed by atoms with van der Waals surface area (Å²) < 4.78 is 2.00. The molecule has 5 rings (SSSR count). The number of fused-ring (bicyclic) bond motifs is 1. The van der Waals surface area contributed by atoms with E-state index in [4.69, 9.17) is 0 Å². The van der Waals surface area contributed by atoms with E-state index in [1.807, 2.05) is 33.7 Å². The highest BCUT2D eigenvalue weighted by molar-refractivity contribution is 5.97. The van der Waals surface area contributed by atoms with E-state index in [1.165, 1.54) is 5.56 Å². The van der Waals surface area contributed by atoms with Crippen molar-refractivity contribution in [3.8, 4) is 0 Å². The first kappa shape index (κ1) is 17.4. The topological polar surface area (TPSA) is 71.2 Å². The zero-order valence-electron chi connectivity index (χ0n) is 15.8. The number of nitrogens with zero attached hydrogens (tertiary/aromatic N) is 4. The predicted molar refractivity (Wildman–Crippen MR) is 106 cm³/mol. The number of imidazole rings is 1. The summed E-state index contributed by atoms with van der Waals surface area (Å²) in [5.74, 6) is -0.0366. The van der Waals surface area contributed by atoms with Crippen LogP contribution in [-0.4, -0.2) is 48.6 Å². The molecule has 1 aliphatic carbocycles. The lowest BCUT2D eigenvalue weighted by Crippen LogP contribution is -2.52. The Morgan fingerprint density at radius 2 is 2.00 bits per heavy atom. The van der Waals surface area contributed by atoms with Gasteiger partial charge in [-0.25, -0.2) is 9.97 Å². The molecular weight excluding hydrogens is 352 g/mol. The van der Waals surface area contributed by atoms with Gasteiger partial charge in [0.2, 0.25) is 0 Å². The Balaban J connectivity index is 1.43. The highest BCUT2D eigenvalue weighted by Gasteiger charge is 2.51. The minimum absolute atomic E-state index is 0.0366. The fraction of sp³-hybridized carbons (Fsp3) is 0.409. The van der Waals surface area contributed by atoms with Crippen molar-refractivity contribution < 1.29 is 9.90 Å². The number of carbonyl (C=O) groups excluding carboxylic acids is 1. The van der Waals surface area contributed by atoms with Crippen LogP contribution in [0, 0.1) is 0 Å². The number of hydrogen-bond donors (Lipinski definition) is 1. The van der Waals surface area contributed by atoms with Crippen LogP contribution in [0.2, 0.25) is 0 Å². The first-order valence-electron chi connectivity index (χ1n) is 10.0. The first-order chi connectivity index (χ1) is 13.7. The SMILES string of the molecule is O=C(c1cnc2c(c1)ncn2Cc1ccccc1)N1CCC[C@@]12CCC[C@H]2O. The molecule has 3 heterocycles. The number of aromatic nitrogens is 3. The van der Waals surface area contributed by atoms with Crippen LogP contribution in [0.3, 0.4) is 0 Å². The Morgan fingerprint density at radius 3 is 2.79 bits per heavy atom. The monoisotopic (exact) mass is 376 g/mol. The van der Waals surface area contributed by atoms with Crippen molar-refractivity contribution in [3.05, 3.63) is 60.0 Å². The number of rotatable bonds is 3. The summed E-state index contributed by atoms with van der Waals surface area (Å²) in [6, 6.07) is 12.0. The first-order valence-corrected chi connectivity index (χ1v) is 10.0. The van der Waals surface area contributed by atoms with E-state index in [1.54, 1.807) is 12.5 Å². The molecule has 2 aliphatic rings. The van der Waals surface area contributed by atoms with Crippen molar-refractivity contribution in [1.82, 2.24) is 19.4 Å². The fourth-order valence-corrected chi connectivity index (χ4v) is 4.97. The lowest BCUT2D eigenvalue weighted by molar-refractivity contribution is 0.0151. The molecule has 2 fully saturated rings. The smallest absolute Gasteiger partial charge is 0.256 e. The molecule has 1 saturated heterocycles. The normalized spacial score (nSPS) is 24.5. The minimum atomic E-state index is -0.416. The molecule has 144 valence electrons. The van der Waals surface area contributed by atoms with Crippen molar-refractivity contribution in [2.75, 3.05) is 6.54 Å². The number of benzene rings is 1. The Labute approximate surface area is 163 Å². The van der Waals surface area contributed by atoms with Crippen LogP contribution in [0.5, 0.6) is 0 Å². The molecule has 3 aromatic rings. The molecule has 0 unspecified atom stereocenters. The maximum Gasteiger partial charge on any atom is 0.256 e. The molecule has 6 nitrogen and oxygen atoms in total. The highest BCUT2D eigenvalue weighted by Crippen LogP contribution is 2.44. The summed E-state index contributed by atoms with van der Waals surface area (Å²) in [6.07, 6.45) is 7.50. The van der Waals surface area contributed by atoms with Gasteiger partial charge in [-0.2, -0.15) is 0 Å². The second-order valence-electron chi connectivity index (χ2n) is 8.00. The van der Waals surface area contributed by atoms with Gasteiger partial charge in [-0.15, -0.1) is 0 Å². The Bertz CT molecular complexity index is 1010. The molecule has 1 spiro atoms. The summed E-state index contributed by atoms with van der Waals surface area (Å²) in [7, 11) is 0. The number of carbonyl (C=O) groups is 1. The largest absolute Gasteiger partial charge is 0.391 e. The van der Waals surface area contributed by atoms with Gasteiger partial charge in [-0.05, 0) is 43.7 Å². The van der Waals surface area contributed by atoms with Crippen molar-refractivity contribution in [1.29, 1.82) is 0 Å². The van der Waals surface area contributed by atoms with Gasteiger partial charge in [0.15, 0.2) is 5.65 Å². The van der Waals surface area contributed by atoms with Crippen LogP contribution in [0.15, 0.2) is 48.9 Å². The van der Waals surface area contributed by atoms with E-state index >= 15 is 0 Å². The quantitative estimate of drug-likeness (QED) is 0.763. The van der Waals surface area contributed by atoms with E-state index in [0.717, 1.165) is 43.3 Å². The van der Waals surface area contributed by atoms with Crippen LogP contribution in [0.25, 0.3) is 11.2 Å². The molecular formula is C22H24N4O2. The molecule has 2 atom stereocenters. The third kappa shape index (κ3) is 2.71. The predicted octanol–water partition coefficient (Wildman–Crippen LogP) is 3.00. The average Bonchev–Trinajstić information content (AvgIpc) is 3.43. The molecule has 0 bridgehead atoms. The number of aliphatic hydroxyl groups excluding tert-OH is 1. The van der Waals surface area contributed by atoms with Crippen molar-refractivity contribution in [2.24, 2.45) is 0 Å². The molecule has 1 aliphatic heterocycles. The van der Waals surface area contributed by atoms with Crippen LogP contribution >= 0.6 is 0 Å². The van der Waals surface area contributed by atoms with Crippen molar-refractivity contribution in [2.45, 2.75) is 50.3 Å². The van der Waals surface area contributed by atoms with Gasteiger partial charge in [-0.3, -0.25) is 4.79 Å². The van der Waals surface area contributed by atoms with Crippen LogP contribution in [0.1, 0.15) is 48.0 Å². The lowest BCUT2D eigenvalue weighted by atomic mass is 9.91. The number of amides is 1. The summed E-state index contributed by atoms with van der Waals surface area (Å²) in [4.78, 5) is 24.2. The van der Waals surface area contributed by atoms with Gasteiger partial charge < -0.3 is 14.6 Å². The van der Waals surface area contributed by atoms with E-state index in [0.29, 0.717) is 18.7 Å². The molecule has 1 saturated carbocycles. The zero-order valence-corrected chi connectivity index (χ0v) is 15.8. The second-order valence-corrected chi connectivity index (χ2v) is 8.00. The summed E-state index contributed by atoms with van der Waals surface area (Å²) >= 11 is 0. The Kier molecular flexibility index (Phi) is 4.16. The second kappa shape index (κ2) is 6.71. The molecule has 2 aromatic heterocycles. The van der Waals surface area contributed by atoms with Gasteiger partial charge in [0.1, 0.15) is 5.52 Å².